The second kappa shape index (κ2) is 5.48. The molecule has 1 atom stereocenters. The maximum Gasteiger partial charge on any atom is 0.0719 e. The van der Waals surface area contributed by atoms with Crippen LogP contribution in [-0.4, -0.2) is 11.2 Å². The molecule has 1 nitrogen and oxygen atoms in total. The first-order chi connectivity index (χ1) is 4.68. The second-order valence-corrected chi connectivity index (χ2v) is 2.79. The summed E-state index contributed by atoms with van der Waals surface area (Å²) in [7, 11) is 0. The number of hydrogen-bond acceptors (Lipinski definition) is 1. The number of rotatable bonds is 5. The molecule has 0 amide bonds. The minimum atomic E-state index is -0.322. The van der Waals surface area contributed by atoms with Gasteiger partial charge in [-0.1, -0.05) is 26.3 Å². The number of aliphatic hydroxyl groups excluding tert-OH is 1. The molecule has 1 N–H and O–H groups in total. The van der Waals surface area contributed by atoms with Crippen LogP contribution in [0.15, 0.2) is 12.2 Å². The minimum absolute atomic E-state index is 0.322. The van der Waals surface area contributed by atoms with Gasteiger partial charge in [-0.25, -0.2) is 0 Å². The second-order valence-electron chi connectivity index (χ2n) is 2.79. The van der Waals surface area contributed by atoms with Gasteiger partial charge in [0.25, 0.3) is 0 Å². The lowest BCUT2D eigenvalue weighted by Crippen LogP contribution is -2.02. The highest BCUT2D eigenvalue weighted by atomic mass is 16.3. The Bertz CT molecular complexity index is 94.9. The van der Waals surface area contributed by atoms with Crippen molar-refractivity contribution in [1.29, 1.82) is 0 Å². The average molecular weight is 142 g/mol. The Morgan fingerprint density at radius 1 is 1.50 bits per heavy atom. The van der Waals surface area contributed by atoms with Gasteiger partial charge in [-0.3, -0.25) is 0 Å². The number of hydrogen-bond donors (Lipinski definition) is 1. The fourth-order valence-electron chi connectivity index (χ4n) is 0.811. The summed E-state index contributed by atoms with van der Waals surface area (Å²) in [5.41, 5.74) is 0.966. The molecular weight excluding hydrogens is 124 g/mol. The highest BCUT2D eigenvalue weighted by molar-refractivity contribution is 4.99. The van der Waals surface area contributed by atoms with Crippen LogP contribution in [0.25, 0.3) is 0 Å². The predicted molar refractivity (Wildman–Crippen MR) is 45.0 cm³/mol. The fourth-order valence-corrected chi connectivity index (χ4v) is 0.811. The van der Waals surface area contributed by atoms with E-state index in [2.05, 4.69) is 13.5 Å². The van der Waals surface area contributed by atoms with E-state index in [1.54, 1.807) is 6.92 Å². The van der Waals surface area contributed by atoms with Gasteiger partial charge in [0.05, 0.1) is 6.10 Å². The Labute approximate surface area is 63.8 Å². The zero-order chi connectivity index (χ0) is 7.98. The van der Waals surface area contributed by atoms with Crippen molar-refractivity contribution in [3.05, 3.63) is 12.2 Å². The summed E-state index contributed by atoms with van der Waals surface area (Å²) >= 11 is 0. The van der Waals surface area contributed by atoms with Crippen LogP contribution in [0.1, 0.15) is 39.5 Å². The number of aliphatic hydroxyl groups is 1. The van der Waals surface area contributed by atoms with E-state index in [-0.39, 0.29) is 6.10 Å². The molecule has 0 aliphatic heterocycles. The molecule has 60 valence electrons. The van der Waals surface area contributed by atoms with Crippen molar-refractivity contribution in [3.63, 3.8) is 0 Å². The molecule has 0 heterocycles. The SMILES string of the molecule is C=C(CCCCC)C(C)O. The molecule has 0 spiro atoms. The molecule has 0 saturated heterocycles. The fraction of sp³-hybridized carbons (Fsp3) is 0.778. The van der Waals surface area contributed by atoms with E-state index < -0.39 is 0 Å². The maximum absolute atomic E-state index is 9.02. The van der Waals surface area contributed by atoms with Crippen LogP contribution in [0.5, 0.6) is 0 Å². The summed E-state index contributed by atoms with van der Waals surface area (Å²) in [6, 6.07) is 0. The van der Waals surface area contributed by atoms with Crippen LogP contribution in [0, 0.1) is 0 Å². The van der Waals surface area contributed by atoms with Crippen molar-refractivity contribution in [3.8, 4) is 0 Å². The highest BCUT2D eigenvalue weighted by Gasteiger charge is 1.99. The molecule has 10 heavy (non-hydrogen) atoms. The maximum atomic E-state index is 9.02. The lowest BCUT2D eigenvalue weighted by molar-refractivity contribution is 0.227. The smallest absolute Gasteiger partial charge is 0.0719 e. The molecule has 0 aromatic heterocycles. The van der Waals surface area contributed by atoms with Gasteiger partial charge < -0.3 is 5.11 Å². The van der Waals surface area contributed by atoms with Crippen LogP contribution in [0.4, 0.5) is 0 Å². The molecule has 0 aliphatic carbocycles. The van der Waals surface area contributed by atoms with Gasteiger partial charge in [0.2, 0.25) is 0 Å². The van der Waals surface area contributed by atoms with Gasteiger partial charge in [0.15, 0.2) is 0 Å². The van der Waals surface area contributed by atoms with Gasteiger partial charge >= 0.3 is 0 Å². The number of unbranched alkanes of at least 4 members (excludes halogenated alkanes) is 2. The first-order valence-electron chi connectivity index (χ1n) is 4.04. The average Bonchev–Trinajstić information content (AvgIpc) is 1.88. The summed E-state index contributed by atoms with van der Waals surface area (Å²) in [6.45, 7) is 7.72. The molecular formula is C9H18O. The molecule has 0 aromatic rings. The van der Waals surface area contributed by atoms with Crippen LogP contribution in [0.3, 0.4) is 0 Å². The zero-order valence-electron chi connectivity index (χ0n) is 7.06. The summed E-state index contributed by atoms with van der Waals surface area (Å²) < 4.78 is 0. The van der Waals surface area contributed by atoms with Gasteiger partial charge in [-0.15, -0.1) is 0 Å². The lowest BCUT2D eigenvalue weighted by atomic mass is 10.1. The van der Waals surface area contributed by atoms with Crippen molar-refractivity contribution in [1.82, 2.24) is 0 Å². The molecule has 0 radical (unpaired) electrons. The highest BCUT2D eigenvalue weighted by Crippen LogP contribution is 2.09. The molecule has 0 fully saturated rings. The minimum Gasteiger partial charge on any atom is -0.389 e. The Morgan fingerprint density at radius 2 is 2.10 bits per heavy atom. The van der Waals surface area contributed by atoms with Crippen LogP contribution < -0.4 is 0 Å². The van der Waals surface area contributed by atoms with E-state index in [1.165, 1.54) is 19.3 Å². The van der Waals surface area contributed by atoms with Gasteiger partial charge in [0, 0.05) is 0 Å². The van der Waals surface area contributed by atoms with Crippen molar-refractivity contribution in [2.45, 2.75) is 45.6 Å². The Hall–Kier alpha value is -0.300. The monoisotopic (exact) mass is 142 g/mol. The van der Waals surface area contributed by atoms with Gasteiger partial charge in [0.1, 0.15) is 0 Å². The van der Waals surface area contributed by atoms with E-state index in [4.69, 9.17) is 5.11 Å². The third-order valence-corrected chi connectivity index (χ3v) is 1.69. The third kappa shape index (κ3) is 4.57. The van der Waals surface area contributed by atoms with Crippen molar-refractivity contribution < 1.29 is 5.11 Å². The van der Waals surface area contributed by atoms with Crippen LogP contribution in [0.2, 0.25) is 0 Å². The van der Waals surface area contributed by atoms with E-state index >= 15 is 0 Å². The molecule has 0 aromatic carbocycles. The third-order valence-electron chi connectivity index (χ3n) is 1.69. The molecule has 1 heteroatoms. The van der Waals surface area contributed by atoms with E-state index in [0.29, 0.717) is 0 Å². The molecule has 0 saturated carbocycles. The first-order valence-corrected chi connectivity index (χ1v) is 4.04. The van der Waals surface area contributed by atoms with Crippen LogP contribution >= 0.6 is 0 Å². The summed E-state index contributed by atoms with van der Waals surface area (Å²) in [5.74, 6) is 0. The zero-order valence-corrected chi connectivity index (χ0v) is 7.06. The summed E-state index contributed by atoms with van der Waals surface area (Å²) in [5, 5.41) is 9.02. The van der Waals surface area contributed by atoms with E-state index in [0.717, 1.165) is 12.0 Å². The molecule has 1 unspecified atom stereocenters. The van der Waals surface area contributed by atoms with Crippen LogP contribution in [-0.2, 0) is 0 Å². The van der Waals surface area contributed by atoms with E-state index in [1.807, 2.05) is 0 Å². The standard InChI is InChI=1S/C9H18O/c1-4-5-6-7-8(2)9(3)10/h9-10H,2,4-7H2,1,3H3. The summed E-state index contributed by atoms with van der Waals surface area (Å²) in [4.78, 5) is 0. The Kier molecular flexibility index (Phi) is 5.32. The molecule has 0 rings (SSSR count). The quantitative estimate of drug-likeness (QED) is 0.462. The Balaban J connectivity index is 3.22. The molecule has 0 aliphatic rings. The summed E-state index contributed by atoms with van der Waals surface area (Å²) in [6.07, 6.45) is 4.29. The largest absolute Gasteiger partial charge is 0.389 e. The topological polar surface area (TPSA) is 20.2 Å². The van der Waals surface area contributed by atoms with Gasteiger partial charge in [-0.05, 0) is 25.3 Å². The Morgan fingerprint density at radius 3 is 2.50 bits per heavy atom. The predicted octanol–water partition coefficient (Wildman–Crippen LogP) is 2.50. The molecule has 0 bridgehead atoms. The van der Waals surface area contributed by atoms with E-state index in [9.17, 15) is 0 Å². The normalized spacial score (nSPS) is 13.1. The van der Waals surface area contributed by atoms with Gasteiger partial charge in [-0.2, -0.15) is 0 Å². The lowest BCUT2D eigenvalue weighted by Gasteiger charge is -2.06. The van der Waals surface area contributed by atoms with Crippen molar-refractivity contribution in [2.75, 3.05) is 0 Å². The van der Waals surface area contributed by atoms with Crippen molar-refractivity contribution >= 4 is 0 Å². The van der Waals surface area contributed by atoms with Crippen molar-refractivity contribution in [2.24, 2.45) is 0 Å². The first kappa shape index (κ1) is 9.70.